The number of carbonyl (C=O) groups is 1. The molecule has 2 rings (SSSR count). The molecule has 0 saturated carbocycles. The summed E-state index contributed by atoms with van der Waals surface area (Å²) in [6.07, 6.45) is 3.56. The molecule has 0 fully saturated rings. The summed E-state index contributed by atoms with van der Waals surface area (Å²) in [6.45, 7) is 4.17. The Balaban J connectivity index is 2.23. The van der Waals surface area contributed by atoms with E-state index < -0.39 is 9.70 Å². The van der Waals surface area contributed by atoms with Crippen LogP contribution in [0.3, 0.4) is 0 Å². The Morgan fingerprint density at radius 2 is 1.73 bits per heavy atom. The van der Waals surface area contributed by atoms with Gasteiger partial charge in [-0.3, -0.25) is 4.79 Å². The average molecular weight is 411 g/mol. The Morgan fingerprint density at radius 1 is 1.12 bits per heavy atom. The minimum atomic E-state index is -2.07. The van der Waals surface area contributed by atoms with Crippen molar-refractivity contribution in [1.29, 1.82) is 0 Å². The molecule has 0 N–H and O–H groups in total. The van der Waals surface area contributed by atoms with Gasteiger partial charge in [-0.1, -0.05) is 89.9 Å². The minimum Gasteiger partial charge on any atom is -0.497 e. The van der Waals surface area contributed by atoms with E-state index in [9.17, 15) is 4.79 Å². The highest BCUT2D eigenvalue weighted by atomic mass is 35.6. The molecule has 0 radical (unpaired) electrons. The summed E-state index contributed by atoms with van der Waals surface area (Å²) in [7, 11) is 1.59. The highest BCUT2D eigenvalue weighted by Gasteiger charge is 2.36. The van der Waals surface area contributed by atoms with Crippen LogP contribution >= 0.6 is 34.8 Å². The standard InChI is InChI=1S/C20H18Cl3NO2/c1-15(8-9-16-6-4-3-5-7-16)24(19(25)20(21,22)23)14-17-10-12-18(26-2)13-11-17/h3-13H,1,14H2,2H3/b9-8+. The predicted molar refractivity (Wildman–Crippen MR) is 108 cm³/mol. The van der Waals surface area contributed by atoms with Crippen LogP contribution in [0.5, 0.6) is 5.75 Å². The summed E-state index contributed by atoms with van der Waals surface area (Å²) >= 11 is 17.4. The second-order valence-corrected chi connectivity index (χ2v) is 7.75. The van der Waals surface area contributed by atoms with Crippen molar-refractivity contribution in [1.82, 2.24) is 4.90 Å². The van der Waals surface area contributed by atoms with Crippen molar-refractivity contribution in [3.05, 3.63) is 84.1 Å². The lowest BCUT2D eigenvalue weighted by molar-refractivity contribution is -0.128. The fourth-order valence-corrected chi connectivity index (χ4v) is 2.52. The van der Waals surface area contributed by atoms with Crippen LogP contribution in [-0.2, 0) is 11.3 Å². The lowest BCUT2D eigenvalue weighted by atomic mass is 10.1. The van der Waals surface area contributed by atoms with Gasteiger partial charge < -0.3 is 9.64 Å². The van der Waals surface area contributed by atoms with Crippen molar-refractivity contribution in [2.75, 3.05) is 7.11 Å². The number of hydrogen-bond acceptors (Lipinski definition) is 2. The van der Waals surface area contributed by atoms with E-state index in [0.717, 1.165) is 16.9 Å². The van der Waals surface area contributed by atoms with Crippen molar-refractivity contribution >= 4 is 46.8 Å². The second kappa shape index (κ2) is 9.13. The molecule has 0 atom stereocenters. The van der Waals surface area contributed by atoms with Crippen LogP contribution in [0.1, 0.15) is 11.1 Å². The van der Waals surface area contributed by atoms with E-state index in [0.29, 0.717) is 5.70 Å². The Labute approximate surface area is 168 Å². The molecule has 136 valence electrons. The lowest BCUT2D eigenvalue weighted by Crippen LogP contribution is -2.37. The maximum absolute atomic E-state index is 12.6. The van der Waals surface area contributed by atoms with Crippen LogP contribution in [0.2, 0.25) is 0 Å². The van der Waals surface area contributed by atoms with Gasteiger partial charge in [-0.2, -0.15) is 0 Å². The van der Waals surface area contributed by atoms with E-state index in [-0.39, 0.29) is 6.54 Å². The molecule has 0 unspecified atom stereocenters. The molecule has 6 heteroatoms. The summed E-state index contributed by atoms with van der Waals surface area (Å²) in [4.78, 5) is 13.9. The van der Waals surface area contributed by atoms with Gasteiger partial charge in [-0.05, 0) is 29.3 Å². The van der Waals surface area contributed by atoms with Gasteiger partial charge in [0, 0.05) is 5.70 Å². The molecule has 0 spiro atoms. The van der Waals surface area contributed by atoms with Crippen LogP contribution in [0, 0.1) is 0 Å². The van der Waals surface area contributed by atoms with Crippen molar-refractivity contribution in [2.24, 2.45) is 0 Å². The second-order valence-electron chi connectivity index (χ2n) is 5.47. The van der Waals surface area contributed by atoms with Crippen LogP contribution in [0.25, 0.3) is 6.08 Å². The fourth-order valence-electron chi connectivity index (χ4n) is 2.22. The Bertz CT molecular complexity index is 781. The van der Waals surface area contributed by atoms with Crippen molar-refractivity contribution in [2.45, 2.75) is 10.3 Å². The quantitative estimate of drug-likeness (QED) is 0.457. The zero-order chi connectivity index (χ0) is 19.2. The van der Waals surface area contributed by atoms with Gasteiger partial charge in [0.1, 0.15) is 5.75 Å². The molecule has 0 aliphatic heterocycles. The van der Waals surface area contributed by atoms with E-state index >= 15 is 0 Å². The third kappa shape index (κ3) is 5.80. The Morgan fingerprint density at radius 3 is 2.27 bits per heavy atom. The largest absolute Gasteiger partial charge is 0.497 e. The molecular weight excluding hydrogens is 393 g/mol. The molecule has 1 amide bonds. The summed E-state index contributed by atoms with van der Waals surface area (Å²) in [5.41, 5.74) is 2.24. The first-order valence-corrected chi connectivity index (χ1v) is 8.88. The summed E-state index contributed by atoms with van der Waals surface area (Å²) < 4.78 is 3.06. The molecular formula is C20H18Cl3NO2. The predicted octanol–water partition coefficient (Wildman–Crippen LogP) is 5.62. The molecule has 2 aromatic carbocycles. The van der Waals surface area contributed by atoms with Gasteiger partial charge in [-0.15, -0.1) is 0 Å². The van der Waals surface area contributed by atoms with E-state index in [1.54, 1.807) is 25.3 Å². The first-order chi connectivity index (χ1) is 12.3. The maximum atomic E-state index is 12.6. The van der Waals surface area contributed by atoms with Gasteiger partial charge in [0.15, 0.2) is 0 Å². The Hall–Kier alpha value is -1.94. The number of hydrogen-bond donors (Lipinski definition) is 0. The molecule has 0 aromatic heterocycles. The number of carbonyl (C=O) groups excluding carboxylic acids is 1. The molecule has 0 saturated heterocycles. The van der Waals surface area contributed by atoms with E-state index in [4.69, 9.17) is 39.5 Å². The summed E-state index contributed by atoms with van der Waals surface area (Å²) in [5.74, 6) is 0.0526. The van der Waals surface area contributed by atoms with Crippen LogP contribution in [-0.4, -0.2) is 21.7 Å². The minimum absolute atomic E-state index is 0.217. The number of nitrogens with zero attached hydrogens (tertiary/aromatic N) is 1. The van der Waals surface area contributed by atoms with E-state index in [1.807, 2.05) is 48.5 Å². The molecule has 0 aliphatic rings. The first kappa shape index (κ1) is 20.4. The topological polar surface area (TPSA) is 29.5 Å². The normalized spacial score (nSPS) is 11.4. The number of alkyl halides is 3. The van der Waals surface area contributed by atoms with Gasteiger partial charge in [0.25, 0.3) is 9.70 Å². The van der Waals surface area contributed by atoms with E-state index in [2.05, 4.69) is 6.58 Å². The van der Waals surface area contributed by atoms with Crippen molar-refractivity contribution < 1.29 is 9.53 Å². The number of ether oxygens (including phenoxy) is 1. The number of halogens is 3. The number of rotatable bonds is 6. The van der Waals surface area contributed by atoms with Crippen molar-refractivity contribution in [3.8, 4) is 5.75 Å². The summed E-state index contributed by atoms with van der Waals surface area (Å²) in [5, 5.41) is 0. The third-order valence-corrected chi connectivity index (χ3v) is 4.09. The van der Waals surface area contributed by atoms with Crippen molar-refractivity contribution in [3.63, 3.8) is 0 Å². The van der Waals surface area contributed by atoms with Gasteiger partial charge in [0.05, 0.1) is 13.7 Å². The lowest BCUT2D eigenvalue weighted by Gasteiger charge is -2.26. The molecule has 26 heavy (non-hydrogen) atoms. The van der Waals surface area contributed by atoms with Gasteiger partial charge >= 0.3 is 0 Å². The van der Waals surface area contributed by atoms with Gasteiger partial charge in [-0.25, -0.2) is 0 Å². The third-order valence-electron chi connectivity index (χ3n) is 3.60. The maximum Gasteiger partial charge on any atom is 0.279 e. The monoisotopic (exact) mass is 409 g/mol. The molecule has 3 nitrogen and oxygen atoms in total. The molecule has 2 aromatic rings. The smallest absolute Gasteiger partial charge is 0.279 e. The highest BCUT2D eigenvalue weighted by molar-refractivity contribution is 6.76. The molecule has 0 aliphatic carbocycles. The number of methoxy groups -OCH3 is 1. The van der Waals surface area contributed by atoms with Crippen LogP contribution in [0.4, 0.5) is 0 Å². The number of allylic oxidation sites excluding steroid dienone is 1. The van der Waals surface area contributed by atoms with E-state index in [1.165, 1.54) is 4.90 Å². The Kier molecular flexibility index (Phi) is 7.15. The SMILES string of the molecule is C=C(/C=C/c1ccccc1)N(Cc1ccc(OC)cc1)C(=O)C(Cl)(Cl)Cl. The zero-order valence-corrected chi connectivity index (χ0v) is 16.4. The molecule has 0 bridgehead atoms. The van der Waals surface area contributed by atoms with Crippen LogP contribution < -0.4 is 4.74 Å². The fraction of sp³-hybridized carbons (Fsp3) is 0.150. The summed E-state index contributed by atoms with van der Waals surface area (Å²) in [6, 6.07) is 16.9. The highest BCUT2D eigenvalue weighted by Crippen LogP contribution is 2.31. The number of benzene rings is 2. The van der Waals surface area contributed by atoms with Crippen LogP contribution in [0.15, 0.2) is 72.9 Å². The zero-order valence-electron chi connectivity index (χ0n) is 14.2. The average Bonchev–Trinajstić information content (AvgIpc) is 2.64. The molecule has 0 heterocycles. The van der Waals surface area contributed by atoms with Gasteiger partial charge in [0.2, 0.25) is 0 Å². The number of amides is 1. The first-order valence-electron chi connectivity index (χ1n) is 7.75.